The van der Waals surface area contributed by atoms with Gasteiger partial charge in [0.25, 0.3) is 0 Å². The van der Waals surface area contributed by atoms with Crippen molar-refractivity contribution in [3.63, 3.8) is 0 Å². The lowest BCUT2D eigenvalue weighted by molar-refractivity contribution is 0.157. The number of aliphatic hydroxyl groups is 1. The second-order valence-electron chi connectivity index (χ2n) is 3.35. The van der Waals surface area contributed by atoms with Gasteiger partial charge in [-0.25, -0.2) is 9.67 Å². The van der Waals surface area contributed by atoms with Crippen LogP contribution in [-0.4, -0.2) is 26.0 Å². The summed E-state index contributed by atoms with van der Waals surface area (Å²) in [4.78, 5) is 3.82. The number of hydrogen-bond donors (Lipinski definition) is 1. The maximum Gasteiger partial charge on any atom is 0.137 e. The first kappa shape index (κ1) is 9.92. The highest BCUT2D eigenvalue weighted by Gasteiger charge is 2.13. The van der Waals surface area contributed by atoms with E-state index in [1.165, 1.54) is 6.33 Å². The molecule has 13 heavy (non-hydrogen) atoms. The largest absolute Gasteiger partial charge is 0.387 e. The molecule has 0 amide bonds. The van der Waals surface area contributed by atoms with Crippen molar-refractivity contribution >= 4 is 0 Å². The number of aliphatic hydroxyl groups excluding tert-OH is 1. The Hall–Kier alpha value is -1.16. The number of rotatable bonds is 3. The lowest BCUT2D eigenvalue weighted by atomic mass is 10.1. The molecule has 0 bridgehead atoms. The topological polar surface area (TPSA) is 50.9 Å². The number of nitrogens with zero attached hydrogens (tertiary/aromatic N) is 3. The van der Waals surface area contributed by atoms with E-state index >= 15 is 0 Å². The molecule has 0 radical (unpaired) electrons. The van der Waals surface area contributed by atoms with Gasteiger partial charge in [-0.3, -0.25) is 0 Å². The highest BCUT2D eigenvalue weighted by Crippen LogP contribution is 2.11. The van der Waals surface area contributed by atoms with Crippen molar-refractivity contribution in [2.75, 3.05) is 0 Å². The summed E-state index contributed by atoms with van der Waals surface area (Å²) in [6.07, 6.45) is 4.37. The lowest BCUT2D eigenvalue weighted by Gasteiger charge is -2.15. The van der Waals surface area contributed by atoms with Gasteiger partial charge in [-0.05, 0) is 20.8 Å². The van der Waals surface area contributed by atoms with Crippen molar-refractivity contribution in [3.05, 3.63) is 24.3 Å². The summed E-state index contributed by atoms with van der Waals surface area (Å²) >= 11 is 0. The fourth-order valence-corrected chi connectivity index (χ4v) is 1.06. The molecule has 2 unspecified atom stereocenters. The molecular weight excluding hydrogens is 166 g/mol. The van der Waals surface area contributed by atoms with Crippen LogP contribution in [0, 0.1) is 0 Å². The molecule has 1 rings (SSSR count). The predicted molar refractivity (Wildman–Crippen MR) is 50.2 cm³/mol. The van der Waals surface area contributed by atoms with E-state index in [2.05, 4.69) is 10.1 Å². The van der Waals surface area contributed by atoms with Crippen LogP contribution < -0.4 is 0 Å². The van der Waals surface area contributed by atoms with Gasteiger partial charge in [-0.15, -0.1) is 0 Å². The molecule has 0 aromatic carbocycles. The Labute approximate surface area is 77.9 Å². The Bertz CT molecular complexity index is 275. The molecule has 1 aromatic rings. The van der Waals surface area contributed by atoms with E-state index < -0.39 is 6.10 Å². The molecule has 72 valence electrons. The highest BCUT2D eigenvalue weighted by molar-refractivity contribution is 5.00. The van der Waals surface area contributed by atoms with Crippen molar-refractivity contribution in [1.82, 2.24) is 14.8 Å². The van der Waals surface area contributed by atoms with Gasteiger partial charge >= 0.3 is 0 Å². The molecule has 0 aliphatic carbocycles. The van der Waals surface area contributed by atoms with Gasteiger partial charge in [-0.2, -0.15) is 5.10 Å². The highest BCUT2D eigenvalue weighted by atomic mass is 16.3. The fraction of sp³-hybridized carbons (Fsp3) is 0.556. The zero-order valence-electron chi connectivity index (χ0n) is 8.18. The van der Waals surface area contributed by atoms with E-state index in [0.29, 0.717) is 0 Å². The van der Waals surface area contributed by atoms with Crippen LogP contribution in [0.4, 0.5) is 0 Å². The van der Waals surface area contributed by atoms with Crippen LogP contribution in [0.5, 0.6) is 0 Å². The van der Waals surface area contributed by atoms with Crippen molar-refractivity contribution in [2.24, 2.45) is 0 Å². The molecule has 0 aliphatic heterocycles. The monoisotopic (exact) mass is 181 g/mol. The molecule has 0 fully saturated rings. The van der Waals surface area contributed by atoms with E-state index in [1.807, 2.05) is 26.8 Å². The first-order valence-corrected chi connectivity index (χ1v) is 4.28. The number of hydrogen-bond acceptors (Lipinski definition) is 3. The quantitative estimate of drug-likeness (QED) is 0.712. The van der Waals surface area contributed by atoms with Crippen LogP contribution in [0.15, 0.2) is 24.3 Å². The van der Waals surface area contributed by atoms with Gasteiger partial charge in [0, 0.05) is 0 Å². The predicted octanol–water partition coefficient (Wildman–Crippen LogP) is 1.17. The van der Waals surface area contributed by atoms with Crippen LogP contribution in [0.25, 0.3) is 0 Å². The van der Waals surface area contributed by atoms with Crippen LogP contribution in [-0.2, 0) is 0 Å². The molecule has 2 atom stereocenters. The molecule has 4 nitrogen and oxygen atoms in total. The first-order chi connectivity index (χ1) is 6.11. The average Bonchev–Trinajstić information content (AvgIpc) is 2.53. The van der Waals surface area contributed by atoms with Crippen LogP contribution in [0.2, 0.25) is 0 Å². The van der Waals surface area contributed by atoms with Crippen molar-refractivity contribution in [1.29, 1.82) is 0 Å². The van der Waals surface area contributed by atoms with E-state index in [9.17, 15) is 5.11 Å². The Kier molecular flexibility index (Phi) is 3.19. The smallest absolute Gasteiger partial charge is 0.137 e. The zero-order chi connectivity index (χ0) is 9.84. The van der Waals surface area contributed by atoms with Crippen molar-refractivity contribution in [2.45, 2.75) is 32.9 Å². The SMILES string of the molecule is CC(C)=CC(O)C(C)n1cncn1. The van der Waals surface area contributed by atoms with Crippen molar-refractivity contribution < 1.29 is 5.11 Å². The summed E-state index contributed by atoms with van der Waals surface area (Å²) in [6.45, 7) is 5.81. The van der Waals surface area contributed by atoms with Crippen molar-refractivity contribution in [3.8, 4) is 0 Å². The number of aromatic nitrogens is 3. The molecular formula is C9H15N3O. The summed E-state index contributed by atoms with van der Waals surface area (Å²) in [6, 6.07) is -0.0719. The van der Waals surface area contributed by atoms with Gasteiger partial charge in [0.2, 0.25) is 0 Å². The molecule has 0 saturated heterocycles. The third kappa shape index (κ3) is 2.66. The Morgan fingerprint density at radius 2 is 2.23 bits per heavy atom. The molecule has 1 aromatic heterocycles. The van der Waals surface area contributed by atoms with Gasteiger partial charge in [0.1, 0.15) is 12.7 Å². The molecule has 1 heterocycles. The standard InChI is InChI=1S/C9H15N3O/c1-7(2)4-9(13)8(3)12-6-10-5-11-12/h4-6,8-9,13H,1-3H3. The van der Waals surface area contributed by atoms with E-state index in [4.69, 9.17) is 0 Å². The third-order valence-corrected chi connectivity index (χ3v) is 1.85. The summed E-state index contributed by atoms with van der Waals surface area (Å²) in [5.41, 5.74) is 1.10. The van der Waals surface area contributed by atoms with Crippen LogP contribution in [0.3, 0.4) is 0 Å². The first-order valence-electron chi connectivity index (χ1n) is 4.28. The minimum absolute atomic E-state index is 0.0719. The lowest BCUT2D eigenvalue weighted by Crippen LogP contribution is -2.20. The Balaban J connectivity index is 2.68. The minimum Gasteiger partial charge on any atom is -0.387 e. The molecule has 0 aliphatic rings. The van der Waals surface area contributed by atoms with Crippen LogP contribution in [0.1, 0.15) is 26.8 Å². The molecule has 0 saturated carbocycles. The molecule has 1 N–H and O–H groups in total. The van der Waals surface area contributed by atoms with Gasteiger partial charge < -0.3 is 5.11 Å². The maximum absolute atomic E-state index is 9.69. The van der Waals surface area contributed by atoms with Gasteiger partial charge in [0.05, 0.1) is 12.1 Å². The Morgan fingerprint density at radius 1 is 1.54 bits per heavy atom. The summed E-state index contributed by atoms with van der Waals surface area (Å²) in [5, 5.41) is 13.7. The zero-order valence-corrected chi connectivity index (χ0v) is 8.18. The summed E-state index contributed by atoms with van der Waals surface area (Å²) in [5.74, 6) is 0. The molecule has 0 spiro atoms. The Morgan fingerprint density at radius 3 is 2.69 bits per heavy atom. The van der Waals surface area contributed by atoms with Gasteiger partial charge in [0.15, 0.2) is 0 Å². The second kappa shape index (κ2) is 4.18. The minimum atomic E-state index is -0.508. The third-order valence-electron chi connectivity index (χ3n) is 1.85. The second-order valence-corrected chi connectivity index (χ2v) is 3.35. The van der Waals surface area contributed by atoms with E-state index in [0.717, 1.165) is 5.57 Å². The van der Waals surface area contributed by atoms with E-state index in [1.54, 1.807) is 11.0 Å². The van der Waals surface area contributed by atoms with Crippen LogP contribution >= 0.6 is 0 Å². The summed E-state index contributed by atoms with van der Waals surface area (Å²) in [7, 11) is 0. The normalized spacial score (nSPS) is 15.1. The summed E-state index contributed by atoms with van der Waals surface area (Å²) < 4.78 is 1.64. The fourth-order valence-electron chi connectivity index (χ4n) is 1.06. The van der Waals surface area contributed by atoms with E-state index in [-0.39, 0.29) is 6.04 Å². The van der Waals surface area contributed by atoms with Gasteiger partial charge in [-0.1, -0.05) is 11.6 Å². The number of allylic oxidation sites excluding steroid dienone is 1. The molecule has 4 heteroatoms. The average molecular weight is 181 g/mol. The maximum atomic E-state index is 9.69.